The summed E-state index contributed by atoms with van der Waals surface area (Å²) in [5.41, 5.74) is 0. The Labute approximate surface area is 58.2 Å². The van der Waals surface area contributed by atoms with Gasteiger partial charge in [-0.05, 0) is 32.9 Å². The highest BCUT2D eigenvalue weighted by molar-refractivity contribution is 4.65. The number of rotatable bonds is 6. The van der Waals surface area contributed by atoms with Crippen LogP contribution in [0.2, 0.25) is 0 Å². The first kappa shape index (κ1) is 8.70. The van der Waals surface area contributed by atoms with Gasteiger partial charge in [0, 0.05) is 0 Å². The monoisotopic (exact) mass is 127 g/mol. The van der Waals surface area contributed by atoms with E-state index in [4.69, 9.17) is 0 Å². The van der Waals surface area contributed by atoms with Gasteiger partial charge in [0.1, 0.15) is 0 Å². The van der Waals surface area contributed by atoms with Gasteiger partial charge in [0.25, 0.3) is 0 Å². The lowest BCUT2D eigenvalue weighted by Gasteiger charge is -1.96. The van der Waals surface area contributed by atoms with Gasteiger partial charge < -0.3 is 5.32 Å². The molecule has 0 aromatic carbocycles. The van der Waals surface area contributed by atoms with Crippen LogP contribution in [0.1, 0.15) is 25.7 Å². The molecule has 0 saturated heterocycles. The van der Waals surface area contributed by atoms with Crippen molar-refractivity contribution in [3.8, 4) is 0 Å². The molecule has 0 spiro atoms. The normalized spacial score (nSPS) is 9.44. The number of allylic oxidation sites excluding steroid dienone is 1. The molecule has 0 saturated carbocycles. The average Bonchev–Trinajstić information content (AvgIpc) is 1.89. The van der Waals surface area contributed by atoms with Gasteiger partial charge in [-0.2, -0.15) is 0 Å². The van der Waals surface area contributed by atoms with Gasteiger partial charge in [-0.1, -0.05) is 12.5 Å². The van der Waals surface area contributed by atoms with Crippen LogP contribution in [0.4, 0.5) is 0 Å². The van der Waals surface area contributed by atoms with Crippen molar-refractivity contribution in [2.24, 2.45) is 0 Å². The second kappa shape index (κ2) is 7.70. The quantitative estimate of drug-likeness (QED) is 0.425. The van der Waals surface area contributed by atoms with Crippen LogP contribution in [0.25, 0.3) is 0 Å². The Balaban J connectivity index is 2.66. The Hall–Kier alpha value is -0.300. The van der Waals surface area contributed by atoms with Gasteiger partial charge in [0.05, 0.1) is 0 Å². The molecule has 0 heterocycles. The van der Waals surface area contributed by atoms with Gasteiger partial charge in [0.2, 0.25) is 0 Å². The van der Waals surface area contributed by atoms with E-state index in [0.29, 0.717) is 0 Å². The first-order valence-electron chi connectivity index (χ1n) is 3.67. The third kappa shape index (κ3) is 7.70. The lowest BCUT2D eigenvalue weighted by Crippen LogP contribution is -2.06. The van der Waals surface area contributed by atoms with Gasteiger partial charge in [-0.3, -0.25) is 0 Å². The summed E-state index contributed by atoms with van der Waals surface area (Å²) in [7, 11) is 1.99. The highest BCUT2D eigenvalue weighted by Gasteiger charge is 1.83. The molecule has 1 N–H and O–H groups in total. The van der Waals surface area contributed by atoms with Crippen LogP contribution in [0.3, 0.4) is 0 Å². The van der Waals surface area contributed by atoms with Gasteiger partial charge in [-0.15, -0.1) is 6.58 Å². The molecule has 54 valence electrons. The summed E-state index contributed by atoms with van der Waals surface area (Å²) in [6.45, 7) is 4.81. The van der Waals surface area contributed by atoms with E-state index >= 15 is 0 Å². The van der Waals surface area contributed by atoms with E-state index in [1.54, 1.807) is 0 Å². The second-order valence-corrected chi connectivity index (χ2v) is 2.24. The van der Waals surface area contributed by atoms with Crippen LogP contribution in [0, 0.1) is 0 Å². The molecular formula is C8H17N. The molecule has 0 unspecified atom stereocenters. The predicted molar refractivity (Wildman–Crippen MR) is 42.6 cm³/mol. The van der Waals surface area contributed by atoms with E-state index in [1.807, 2.05) is 13.1 Å². The summed E-state index contributed by atoms with van der Waals surface area (Å²) >= 11 is 0. The Morgan fingerprint density at radius 3 is 2.67 bits per heavy atom. The molecule has 9 heavy (non-hydrogen) atoms. The summed E-state index contributed by atoms with van der Waals surface area (Å²) in [6.07, 6.45) is 7.07. The fourth-order valence-electron chi connectivity index (χ4n) is 0.767. The van der Waals surface area contributed by atoms with Gasteiger partial charge in [0.15, 0.2) is 0 Å². The Bertz CT molecular complexity index is 59.6. The number of hydrogen-bond acceptors (Lipinski definition) is 1. The largest absolute Gasteiger partial charge is 0.320 e. The molecule has 1 nitrogen and oxygen atoms in total. The Morgan fingerprint density at radius 1 is 1.33 bits per heavy atom. The minimum Gasteiger partial charge on any atom is -0.320 e. The van der Waals surface area contributed by atoms with Crippen molar-refractivity contribution in [2.75, 3.05) is 13.6 Å². The van der Waals surface area contributed by atoms with Crippen LogP contribution >= 0.6 is 0 Å². The molecule has 0 atom stereocenters. The fourth-order valence-corrected chi connectivity index (χ4v) is 0.767. The predicted octanol–water partition coefficient (Wildman–Crippen LogP) is 1.95. The molecule has 1 heteroatoms. The van der Waals surface area contributed by atoms with E-state index in [0.717, 1.165) is 6.54 Å². The first-order chi connectivity index (χ1) is 4.41. The van der Waals surface area contributed by atoms with Crippen molar-refractivity contribution in [2.45, 2.75) is 25.7 Å². The van der Waals surface area contributed by atoms with Crippen molar-refractivity contribution < 1.29 is 0 Å². The molecule has 0 bridgehead atoms. The highest BCUT2D eigenvalue weighted by Crippen LogP contribution is 1.97. The van der Waals surface area contributed by atoms with Crippen LogP contribution in [-0.4, -0.2) is 13.6 Å². The maximum Gasteiger partial charge on any atom is -0.00519 e. The third-order valence-corrected chi connectivity index (χ3v) is 1.34. The first-order valence-corrected chi connectivity index (χ1v) is 3.67. The number of hydrogen-bond donors (Lipinski definition) is 1. The molecule has 0 aliphatic heterocycles. The van der Waals surface area contributed by atoms with Crippen molar-refractivity contribution in [3.63, 3.8) is 0 Å². The van der Waals surface area contributed by atoms with Crippen molar-refractivity contribution in [1.29, 1.82) is 0 Å². The zero-order chi connectivity index (χ0) is 6.95. The summed E-state index contributed by atoms with van der Waals surface area (Å²) in [6, 6.07) is 0. The molecular weight excluding hydrogens is 110 g/mol. The van der Waals surface area contributed by atoms with Crippen LogP contribution in [-0.2, 0) is 0 Å². The molecule has 0 aliphatic rings. The van der Waals surface area contributed by atoms with Crippen LogP contribution < -0.4 is 5.32 Å². The number of unbranched alkanes of at least 4 members (excludes halogenated alkanes) is 3. The second-order valence-electron chi connectivity index (χ2n) is 2.24. The molecule has 0 aromatic rings. The molecule has 0 aliphatic carbocycles. The minimum atomic E-state index is 1.15. The van der Waals surface area contributed by atoms with Crippen LogP contribution in [0.5, 0.6) is 0 Å². The smallest absolute Gasteiger partial charge is 0.00519 e. The fraction of sp³-hybridized carbons (Fsp3) is 0.750. The molecule has 0 fully saturated rings. The summed E-state index contributed by atoms with van der Waals surface area (Å²) in [5, 5.41) is 3.12. The van der Waals surface area contributed by atoms with E-state index in [-0.39, 0.29) is 0 Å². The average molecular weight is 127 g/mol. The SMILES string of the molecule is C=CCCCCCNC. The summed E-state index contributed by atoms with van der Waals surface area (Å²) < 4.78 is 0. The van der Waals surface area contributed by atoms with Gasteiger partial charge in [-0.25, -0.2) is 0 Å². The lowest BCUT2D eigenvalue weighted by atomic mass is 10.2. The van der Waals surface area contributed by atoms with Gasteiger partial charge >= 0.3 is 0 Å². The van der Waals surface area contributed by atoms with E-state index in [9.17, 15) is 0 Å². The maximum atomic E-state index is 3.66. The van der Waals surface area contributed by atoms with Crippen molar-refractivity contribution in [1.82, 2.24) is 5.32 Å². The number of nitrogens with one attached hydrogen (secondary N) is 1. The summed E-state index contributed by atoms with van der Waals surface area (Å²) in [5.74, 6) is 0. The third-order valence-electron chi connectivity index (χ3n) is 1.34. The van der Waals surface area contributed by atoms with E-state index in [1.165, 1.54) is 25.7 Å². The highest BCUT2D eigenvalue weighted by atomic mass is 14.8. The standard InChI is InChI=1S/C8H17N/c1-3-4-5-6-7-8-9-2/h3,9H,1,4-8H2,2H3. The Kier molecular flexibility index (Phi) is 7.44. The summed E-state index contributed by atoms with van der Waals surface area (Å²) in [4.78, 5) is 0. The zero-order valence-electron chi connectivity index (χ0n) is 6.32. The topological polar surface area (TPSA) is 12.0 Å². The molecule has 0 aromatic heterocycles. The van der Waals surface area contributed by atoms with E-state index in [2.05, 4.69) is 11.9 Å². The lowest BCUT2D eigenvalue weighted by molar-refractivity contribution is 0.648. The maximum absolute atomic E-state index is 3.66. The van der Waals surface area contributed by atoms with E-state index < -0.39 is 0 Å². The van der Waals surface area contributed by atoms with Crippen molar-refractivity contribution >= 4 is 0 Å². The van der Waals surface area contributed by atoms with Crippen LogP contribution in [0.15, 0.2) is 12.7 Å². The molecule has 0 radical (unpaired) electrons. The zero-order valence-corrected chi connectivity index (χ0v) is 6.32. The minimum absolute atomic E-state index is 1.15. The van der Waals surface area contributed by atoms with Crippen molar-refractivity contribution in [3.05, 3.63) is 12.7 Å². The molecule has 0 rings (SSSR count). The molecule has 0 amide bonds. The Morgan fingerprint density at radius 2 is 2.11 bits per heavy atom.